The minimum Gasteiger partial charge on any atom is -0.480 e. The van der Waals surface area contributed by atoms with E-state index in [4.69, 9.17) is 38.8 Å². The third-order valence-electron chi connectivity index (χ3n) is 6.64. The number of nitrogens with zero attached hydrogens (tertiary/aromatic N) is 2. The summed E-state index contributed by atoms with van der Waals surface area (Å²) in [7, 11) is -2.71. The van der Waals surface area contributed by atoms with Gasteiger partial charge in [-0.15, -0.1) is 4.76 Å². The van der Waals surface area contributed by atoms with Gasteiger partial charge < -0.3 is 34.7 Å². The third-order valence-corrected chi connectivity index (χ3v) is 8.11. The summed E-state index contributed by atoms with van der Waals surface area (Å²) in [6.07, 6.45) is 9.89. The van der Waals surface area contributed by atoms with Crippen molar-refractivity contribution >= 4 is 32.0 Å². The van der Waals surface area contributed by atoms with Crippen molar-refractivity contribution in [2.75, 3.05) is 40.0 Å². The molecule has 0 aromatic rings. The van der Waals surface area contributed by atoms with Crippen LogP contribution in [0.1, 0.15) is 89.9 Å². The Labute approximate surface area is 241 Å². The number of likely N-dealkylation sites (N-methyl/N-ethyl adjacent to an activating group) is 1. The van der Waals surface area contributed by atoms with Crippen molar-refractivity contribution in [2.24, 2.45) is 10.5 Å². The van der Waals surface area contributed by atoms with Gasteiger partial charge in [-0.25, -0.2) is 14.2 Å². The molecule has 2 rings (SSSR count). The van der Waals surface area contributed by atoms with Crippen molar-refractivity contribution in [2.45, 2.75) is 102 Å². The molecule has 0 radical (unpaired) electrons. The predicted octanol–water partition coefficient (Wildman–Crippen LogP) is 4.99. The zero-order chi connectivity index (χ0) is 29.9. The van der Waals surface area contributed by atoms with Crippen molar-refractivity contribution in [3.05, 3.63) is 0 Å². The first-order valence-corrected chi connectivity index (χ1v) is 16.0. The maximum atomic E-state index is 13.2. The maximum Gasteiger partial charge on any atom is 0.508 e. The molecule has 0 unspecified atom stereocenters. The molecule has 0 heterocycles. The Kier molecular flexibility index (Phi) is 16.5. The summed E-state index contributed by atoms with van der Waals surface area (Å²) in [5, 5.41) is 8.97. The van der Waals surface area contributed by atoms with Crippen LogP contribution in [0, 0.1) is 0 Å². The standard InChI is InChI=1S/C26H46N3O11P/c1-29(20-23(30)31)24(27)28-41(34,37-18-10-8-16-35-25(32)39-21-12-4-2-5-13-21)38-19-11-9-17-36-26(33)40-22-14-6-3-7-15-22/h21-22H,2-20H2,1H3,(H,30,31)(H2,27,28,34). The van der Waals surface area contributed by atoms with E-state index in [2.05, 4.69) is 4.76 Å². The second-order valence-electron chi connectivity index (χ2n) is 10.2. The molecule has 0 saturated heterocycles. The van der Waals surface area contributed by atoms with Crippen LogP contribution in [0.3, 0.4) is 0 Å². The molecule has 0 spiro atoms. The fourth-order valence-corrected chi connectivity index (χ4v) is 5.68. The zero-order valence-electron chi connectivity index (χ0n) is 24.0. The van der Waals surface area contributed by atoms with Crippen molar-refractivity contribution < 1.29 is 52.1 Å². The van der Waals surface area contributed by atoms with Crippen LogP contribution in [-0.2, 0) is 37.4 Å². The molecule has 0 amide bonds. The van der Waals surface area contributed by atoms with Crippen molar-refractivity contribution in [3.63, 3.8) is 0 Å². The van der Waals surface area contributed by atoms with Crippen LogP contribution >= 0.6 is 7.75 Å². The van der Waals surface area contributed by atoms with Crippen molar-refractivity contribution in [1.29, 1.82) is 0 Å². The minimum absolute atomic E-state index is 0.0339. The van der Waals surface area contributed by atoms with E-state index in [-0.39, 0.29) is 44.6 Å². The van der Waals surface area contributed by atoms with E-state index in [9.17, 15) is 18.9 Å². The molecule has 0 bridgehead atoms. The number of guanidine groups is 1. The largest absolute Gasteiger partial charge is 0.508 e. The van der Waals surface area contributed by atoms with Crippen molar-refractivity contribution in [3.8, 4) is 0 Å². The number of aliphatic carboxylic acids is 1. The van der Waals surface area contributed by atoms with Gasteiger partial charge in [0.2, 0.25) is 5.96 Å². The number of rotatable bonds is 17. The van der Waals surface area contributed by atoms with Gasteiger partial charge in [0.05, 0.1) is 26.4 Å². The van der Waals surface area contributed by atoms with Gasteiger partial charge in [-0.2, -0.15) is 0 Å². The zero-order valence-corrected chi connectivity index (χ0v) is 24.9. The monoisotopic (exact) mass is 607 g/mol. The smallest absolute Gasteiger partial charge is 0.480 e. The van der Waals surface area contributed by atoms with Crippen molar-refractivity contribution in [1.82, 2.24) is 4.90 Å². The average Bonchev–Trinajstić information content (AvgIpc) is 2.93. The summed E-state index contributed by atoms with van der Waals surface area (Å²) in [5.74, 6) is -1.47. The first kappa shape index (κ1) is 34.6. The normalized spacial score (nSPS) is 17.0. The molecule has 2 saturated carbocycles. The van der Waals surface area contributed by atoms with Gasteiger partial charge >= 0.3 is 26.0 Å². The molecule has 2 aliphatic carbocycles. The number of ether oxygens (including phenoxy) is 4. The Balaban J connectivity index is 1.71. The van der Waals surface area contributed by atoms with Gasteiger partial charge in [-0.3, -0.25) is 13.8 Å². The summed E-state index contributed by atoms with van der Waals surface area (Å²) < 4.78 is 48.7. The molecule has 0 atom stereocenters. The summed E-state index contributed by atoms with van der Waals surface area (Å²) in [5.41, 5.74) is 5.81. The topological polar surface area (TPSA) is 186 Å². The van der Waals surface area contributed by atoms with E-state index in [1.165, 1.54) is 7.05 Å². The molecule has 0 aromatic heterocycles. The summed E-state index contributed by atoms with van der Waals surface area (Å²) in [6.45, 7) is -0.314. The lowest BCUT2D eigenvalue weighted by Gasteiger charge is -2.21. The highest BCUT2D eigenvalue weighted by Crippen LogP contribution is 2.50. The average molecular weight is 608 g/mol. The van der Waals surface area contributed by atoms with E-state index in [0.717, 1.165) is 69.1 Å². The van der Waals surface area contributed by atoms with Crippen LogP contribution in [-0.4, -0.2) is 86.5 Å². The Hall–Kier alpha value is -2.57. The van der Waals surface area contributed by atoms with E-state index >= 15 is 0 Å². The van der Waals surface area contributed by atoms with Gasteiger partial charge in [0, 0.05) is 7.05 Å². The summed E-state index contributed by atoms with van der Waals surface area (Å²) in [6, 6.07) is 0. The fourth-order valence-electron chi connectivity index (χ4n) is 4.37. The molecule has 14 nitrogen and oxygen atoms in total. The second kappa shape index (κ2) is 19.5. The molecule has 41 heavy (non-hydrogen) atoms. The fraction of sp³-hybridized carbons (Fsp3) is 0.846. The van der Waals surface area contributed by atoms with Gasteiger partial charge in [0.15, 0.2) is 0 Å². The van der Waals surface area contributed by atoms with Crippen LogP contribution in [0.5, 0.6) is 0 Å². The lowest BCUT2D eigenvalue weighted by atomic mass is 9.98. The Morgan fingerprint density at radius 3 is 1.61 bits per heavy atom. The summed E-state index contributed by atoms with van der Waals surface area (Å²) in [4.78, 5) is 35.7. The van der Waals surface area contributed by atoms with Crippen LogP contribution in [0.15, 0.2) is 4.76 Å². The van der Waals surface area contributed by atoms with Gasteiger partial charge in [0.1, 0.15) is 18.8 Å². The maximum absolute atomic E-state index is 13.2. The highest BCUT2D eigenvalue weighted by Gasteiger charge is 2.26. The number of carboxylic acid groups (broad SMARTS) is 1. The second-order valence-corrected chi connectivity index (χ2v) is 11.9. The Bertz CT molecular complexity index is 829. The highest BCUT2D eigenvalue weighted by atomic mass is 31.2. The molecular weight excluding hydrogens is 561 g/mol. The first-order valence-electron chi connectivity index (χ1n) is 14.5. The molecular formula is C26H46N3O11P. The highest BCUT2D eigenvalue weighted by molar-refractivity contribution is 7.52. The molecule has 15 heteroatoms. The number of carbonyl (C=O) groups excluding carboxylic acids is 2. The predicted molar refractivity (Wildman–Crippen MR) is 148 cm³/mol. The van der Waals surface area contributed by atoms with E-state index in [0.29, 0.717) is 25.7 Å². The first-order chi connectivity index (χ1) is 19.7. The van der Waals surface area contributed by atoms with Gasteiger partial charge in [-0.1, -0.05) is 12.8 Å². The van der Waals surface area contributed by atoms with Crippen LogP contribution in [0.2, 0.25) is 0 Å². The number of unbranched alkanes of at least 4 members (excludes halogenated alkanes) is 2. The lowest BCUT2D eigenvalue weighted by molar-refractivity contribution is -0.137. The van der Waals surface area contributed by atoms with Crippen LogP contribution in [0.25, 0.3) is 0 Å². The number of carboxylic acids is 1. The molecule has 0 aliphatic heterocycles. The van der Waals surface area contributed by atoms with E-state index in [1.807, 2.05) is 0 Å². The molecule has 3 N–H and O–H groups in total. The van der Waals surface area contributed by atoms with Gasteiger partial charge in [0.25, 0.3) is 0 Å². The third kappa shape index (κ3) is 15.9. The molecule has 2 fully saturated rings. The lowest BCUT2D eigenvalue weighted by Crippen LogP contribution is -2.37. The minimum atomic E-state index is -4.09. The number of hydrogen-bond donors (Lipinski definition) is 2. The molecule has 236 valence electrons. The number of carbonyl (C=O) groups is 3. The number of hydrogen-bond acceptors (Lipinski definition) is 10. The van der Waals surface area contributed by atoms with Crippen LogP contribution in [0.4, 0.5) is 9.59 Å². The Morgan fingerprint density at radius 2 is 1.20 bits per heavy atom. The SMILES string of the molecule is CN(CC(=O)O)C(N)=NP(=O)(OCCCCOC(=O)OC1CCCCC1)OCCCCOC(=O)OC1CCCCC1. The Morgan fingerprint density at radius 1 is 0.780 bits per heavy atom. The molecule has 0 aromatic carbocycles. The van der Waals surface area contributed by atoms with Crippen LogP contribution < -0.4 is 5.73 Å². The van der Waals surface area contributed by atoms with Gasteiger partial charge in [-0.05, 0) is 77.0 Å². The number of nitrogens with two attached hydrogens (primary N) is 1. The summed E-state index contributed by atoms with van der Waals surface area (Å²) >= 11 is 0. The molecule has 2 aliphatic rings. The van der Waals surface area contributed by atoms with E-state index in [1.54, 1.807) is 0 Å². The van der Waals surface area contributed by atoms with E-state index < -0.39 is 32.6 Å². The quantitative estimate of drug-likeness (QED) is 0.0741.